The number of amides is 1. The van der Waals surface area contributed by atoms with Gasteiger partial charge in [-0.05, 0) is 24.1 Å². The predicted octanol–water partition coefficient (Wildman–Crippen LogP) is 1.31. The summed E-state index contributed by atoms with van der Waals surface area (Å²) in [7, 11) is 0. The molecule has 17 heavy (non-hydrogen) atoms. The van der Waals surface area contributed by atoms with Crippen molar-refractivity contribution in [3.05, 3.63) is 35.4 Å². The van der Waals surface area contributed by atoms with E-state index in [1.54, 1.807) is 0 Å². The highest BCUT2D eigenvalue weighted by Crippen LogP contribution is 2.29. The maximum absolute atomic E-state index is 12.3. The van der Waals surface area contributed by atoms with Gasteiger partial charge in [0, 0.05) is 6.54 Å². The van der Waals surface area contributed by atoms with Crippen LogP contribution in [0.1, 0.15) is 11.1 Å². The highest BCUT2D eigenvalue weighted by molar-refractivity contribution is 5.77. The number of carbonyl (C=O) groups is 1. The molecule has 1 aromatic carbocycles. The van der Waals surface area contributed by atoms with Gasteiger partial charge >= 0.3 is 6.18 Å². The zero-order valence-electron chi connectivity index (χ0n) is 9.00. The number of nitrogens with two attached hydrogens (primary N) is 2. The van der Waals surface area contributed by atoms with Gasteiger partial charge in [-0.25, -0.2) is 0 Å². The quantitative estimate of drug-likeness (QED) is 0.840. The molecule has 0 saturated heterocycles. The number of rotatable bonds is 4. The van der Waals surface area contributed by atoms with Crippen molar-refractivity contribution in [3.63, 3.8) is 0 Å². The second-order valence-electron chi connectivity index (χ2n) is 3.73. The Labute approximate surface area is 96.6 Å². The number of hydrogen-bond donors (Lipinski definition) is 2. The van der Waals surface area contributed by atoms with E-state index in [4.69, 9.17) is 11.5 Å². The maximum Gasteiger partial charge on any atom is 0.416 e. The van der Waals surface area contributed by atoms with Gasteiger partial charge in [-0.2, -0.15) is 13.2 Å². The van der Waals surface area contributed by atoms with Crippen molar-refractivity contribution in [1.29, 1.82) is 0 Å². The van der Waals surface area contributed by atoms with Gasteiger partial charge in [0.05, 0.1) is 11.5 Å². The molecule has 1 rings (SSSR count). The molecule has 3 nitrogen and oxygen atoms in total. The molecule has 0 aliphatic heterocycles. The van der Waals surface area contributed by atoms with E-state index < -0.39 is 23.6 Å². The molecule has 0 radical (unpaired) electrons. The highest BCUT2D eigenvalue weighted by atomic mass is 19.4. The molecular formula is C11H13F3N2O. The molecule has 6 heteroatoms. The Morgan fingerprint density at radius 1 is 1.24 bits per heavy atom. The van der Waals surface area contributed by atoms with E-state index in [0.717, 1.165) is 12.1 Å². The van der Waals surface area contributed by atoms with Crippen LogP contribution in [0, 0.1) is 5.92 Å². The van der Waals surface area contributed by atoms with Crippen LogP contribution in [0.25, 0.3) is 0 Å². The Morgan fingerprint density at radius 2 is 1.76 bits per heavy atom. The summed E-state index contributed by atoms with van der Waals surface area (Å²) in [5.74, 6) is -1.10. The van der Waals surface area contributed by atoms with Crippen molar-refractivity contribution in [2.45, 2.75) is 12.6 Å². The summed E-state index contributed by atoms with van der Waals surface area (Å²) in [6, 6.07) is 4.61. The smallest absolute Gasteiger partial charge is 0.369 e. The summed E-state index contributed by atoms with van der Waals surface area (Å²) in [5, 5.41) is 0. The van der Waals surface area contributed by atoms with E-state index in [1.165, 1.54) is 12.1 Å². The Kier molecular flexibility index (Phi) is 4.11. The first-order chi connectivity index (χ1) is 7.84. The average molecular weight is 246 g/mol. The van der Waals surface area contributed by atoms with Crippen LogP contribution in [0.5, 0.6) is 0 Å². The monoisotopic (exact) mass is 246 g/mol. The van der Waals surface area contributed by atoms with Gasteiger partial charge in [0.1, 0.15) is 0 Å². The molecule has 0 fully saturated rings. The van der Waals surface area contributed by atoms with E-state index in [9.17, 15) is 18.0 Å². The van der Waals surface area contributed by atoms with E-state index in [0.29, 0.717) is 5.56 Å². The fourth-order valence-electron chi connectivity index (χ4n) is 1.41. The number of hydrogen-bond acceptors (Lipinski definition) is 2. The molecule has 4 N–H and O–H groups in total. The molecule has 0 heterocycles. The van der Waals surface area contributed by atoms with Gasteiger partial charge in [-0.3, -0.25) is 4.79 Å². The minimum Gasteiger partial charge on any atom is -0.369 e. The second-order valence-corrected chi connectivity index (χ2v) is 3.73. The van der Waals surface area contributed by atoms with Crippen LogP contribution in [0.15, 0.2) is 24.3 Å². The fraction of sp³-hybridized carbons (Fsp3) is 0.364. The fourth-order valence-corrected chi connectivity index (χ4v) is 1.41. The molecule has 0 spiro atoms. The summed E-state index contributed by atoms with van der Waals surface area (Å²) in [5.41, 5.74) is 10.3. The lowest BCUT2D eigenvalue weighted by Crippen LogP contribution is -2.31. The van der Waals surface area contributed by atoms with Crippen molar-refractivity contribution < 1.29 is 18.0 Å². The van der Waals surface area contributed by atoms with E-state index in [1.807, 2.05) is 0 Å². The van der Waals surface area contributed by atoms with Crippen molar-refractivity contribution in [1.82, 2.24) is 0 Å². The number of benzene rings is 1. The standard InChI is InChI=1S/C11H13F3N2O/c12-11(13,14)9-3-1-7(2-4-9)5-8(6-15)10(16)17/h1-4,8H,5-6,15H2,(H2,16,17). The van der Waals surface area contributed by atoms with Crippen LogP contribution in [0.2, 0.25) is 0 Å². The third-order valence-corrected chi connectivity index (χ3v) is 2.45. The molecule has 0 bridgehead atoms. The molecule has 1 amide bonds. The van der Waals surface area contributed by atoms with Crippen molar-refractivity contribution in [2.24, 2.45) is 17.4 Å². The minimum absolute atomic E-state index is 0.0797. The minimum atomic E-state index is -4.35. The van der Waals surface area contributed by atoms with Gasteiger partial charge in [0.2, 0.25) is 5.91 Å². The van der Waals surface area contributed by atoms with Gasteiger partial charge in [-0.15, -0.1) is 0 Å². The molecule has 1 aromatic rings. The third-order valence-electron chi connectivity index (χ3n) is 2.45. The molecular weight excluding hydrogens is 233 g/mol. The maximum atomic E-state index is 12.3. The van der Waals surface area contributed by atoms with Gasteiger partial charge in [0.15, 0.2) is 0 Å². The van der Waals surface area contributed by atoms with Crippen LogP contribution in [-0.4, -0.2) is 12.5 Å². The van der Waals surface area contributed by atoms with Crippen LogP contribution >= 0.6 is 0 Å². The zero-order chi connectivity index (χ0) is 13.1. The first-order valence-electron chi connectivity index (χ1n) is 5.00. The van der Waals surface area contributed by atoms with Crippen LogP contribution in [0.3, 0.4) is 0 Å². The Hall–Kier alpha value is -1.56. The summed E-state index contributed by atoms with van der Waals surface area (Å²) >= 11 is 0. The first-order valence-corrected chi connectivity index (χ1v) is 5.00. The zero-order valence-corrected chi connectivity index (χ0v) is 9.00. The number of halogens is 3. The SMILES string of the molecule is NCC(Cc1ccc(C(F)(F)F)cc1)C(N)=O. The number of carbonyl (C=O) groups excluding carboxylic acids is 1. The van der Waals surface area contributed by atoms with E-state index in [-0.39, 0.29) is 13.0 Å². The molecule has 0 aliphatic carbocycles. The molecule has 0 saturated carbocycles. The van der Waals surface area contributed by atoms with Crippen LogP contribution in [0.4, 0.5) is 13.2 Å². The third kappa shape index (κ3) is 3.74. The lowest BCUT2D eigenvalue weighted by Gasteiger charge is -2.11. The van der Waals surface area contributed by atoms with Gasteiger partial charge in [-0.1, -0.05) is 12.1 Å². The molecule has 1 unspecified atom stereocenters. The van der Waals surface area contributed by atoms with Gasteiger partial charge < -0.3 is 11.5 Å². The topological polar surface area (TPSA) is 69.1 Å². The Balaban J connectivity index is 2.78. The van der Waals surface area contributed by atoms with Gasteiger partial charge in [0.25, 0.3) is 0 Å². The number of alkyl halides is 3. The Bertz CT molecular complexity index is 387. The molecule has 94 valence electrons. The van der Waals surface area contributed by atoms with Crippen molar-refractivity contribution in [3.8, 4) is 0 Å². The summed E-state index contributed by atoms with van der Waals surface area (Å²) in [6.45, 7) is 0.0797. The summed E-state index contributed by atoms with van der Waals surface area (Å²) in [4.78, 5) is 10.9. The lowest BCUT2D eigenvalue weighted by molar-refractivity contribution is -0.137. The largest absolute Gasteiger partial charge is 0.416 e. The number of primary amides is 1. The summed E-state index contributed by atoms with van der Waals surface area (Å²) < 4.78 is 36.8. The normalized spacial score (nSPS) is 13.4. The molecule has 0 aliphatic rings. The first kappa shape index (κ1) is 13.5. The highest BCUT2D eigenvalue weighted by Gasteiger charge is 2.30. The van der Waals surface area contributed by atoms with Crippen molar-refractivity contribution in [2.75, 3.05) is 6.54 Å². The predicted molar refractivity (Wildman–Crippen MR) is 56.9 cm³/mol. The van der Waals surface area contributed by atoms with Crippen LogP contribution in [-0.2, 0) is 17.4 Å². The van der Waals surface area contributed by atoms with Crippen LogP contribution < -0.4 is 11.5 Å². The average Bonchev–Trinajstić information content (AvgIpc) is 2.25. The van der Waals surface area contributed by atoms with E-state index in [2.05, 4.69) is 0 Å². The molecule has 0 aromatic heterocycles. The van der Waals surface area contributed by atoms with E-state index >= 15 is 0 Å². The second kappa shape index (κ2) is 5.18. The van der Waals surface area contributed by atoms with Crippen molar-refractivity contribution >= 4 is 5.91 Å². The molecule has 1 atom stereocenters. The summed E-state index contributed by atoms with van der Waals surface area (Å²) in [6.07, 6.45) is -4.10. The lowest BCUT2D eigenvalue weighted by atomic mass is 9.98. The Morgan fingerprint density at radius 3 is 2.12 bits per heavy atom.